The minimum Gasteiger partial charge on any atom is -0.326 e. The summed E-state index contributed by atoms with van der Waals surface area (Å²) in [5.41, 5.74) is 7.63. The summed E-state index contributed by atoms with van der Waals surface area (Å²) in [5, 5.41) is 4.14. The highest BCUT2D eigenvalue weighted by molar-refractivity contribution is 5.28. The summed E-state index contributed by atoms with van der Waals surface area (Å²) in [4.78, 5) is 11.6. The molecule has 0 saturated carbocycles. The molecule has 94 valence electrons. The topological polar surface area (TPSA) is 60.9 Å². The zero-order valence-corrected chi connectivity index (χ0v) is 10.1. The monoisotopic (exact) mass is 247 g/mol. The van der Waals surface area contributed by atoms with E-state index in [9.17, 15) is 9.18 Å². The third kappa shape index (κ3) is 2.62. The summed E-state index contributed by atoms with van der Waals surface area (Å²) < 4.78 is 14.4. The zero-order chi connectivity index (χ0) is 13.1. The van der Waals surface area contributed by atoms with Crippen LogP contribution in [0.5, 0.6) is 0 Å². The van der Waals surface area contributed by atoms with E-state index in [4.69, 9.17) is 5.73 Å². The minimum atomic E-state index is -0.330. The van der Waals surface area contributed by atoms with Gasteiger partial charge in [-0.25, -0.2) is 9.07 Å². The van der Waals surface area contributed by atoms with Crippen LogP contribution in [0.2, 0.25) is 0 Å². The number of aryl methyl sites for hydroxylation is 1. The van der Waals surface area contributed by atoms with E-state index >= 15 is 0 Å². The number of nitrogens with two attached hydrogens (primary N) is 1. The summed E-state index contributed by atoms with van der Waals surface area (Å²) in [5.74, 6) is -0.330. The van der Waals surface area contributed by atoms with Gasteiger partial charge in [-0.05, 0) is 36.2 Å². The molecular formula is C13H14FN3O. The molecule has 0 radical (unpaired) electrons. The largest absolute Gasteiger partial charge is 0.326 e. The van der Waals surface area contributed by atoms with Crippen LogP contribution in [0.3, 0.4) is 0 Å². The fourth-order valence-electron chi connectivity index (χ4n) is 1.76. The van der Waals surface area contributed by atoms with Gasteiger partial charge in [-0.2, -0.15) is 5.10 Å². The minimum absolute atomic E-state index is 0.187. The second kappa shape index (κ2) is 5.10. The van der Waals surface area contributed by atoms with Crippen LogP contribution in [0.15, 0.2) is 35.1 Å². The average molecular weight is 247 g/mol. The van der Waals surface area contributed by atoms with E-state index in [1.807, 2.05) is 6.92 Å². The van der Waals surface area contributed by atoms with Crippen LogP contribution in [-0.2, 0) is 13.1 Å². The predicted octanol–water partition coefficient (Wildman–Crippen LogP) is 1.20. The second-order valence-corrected chi connectivity index (χ2v) is 4.09. The van der Waals surface area contributed by atoms with E-state index < -0.39 is 0 Å². The fourth-order valence-corrected chi connectivity index (χ4v) is 1.76. The Kier molecular flexibility index (Phi) is 3.53. The van der Waals surface area contributed by atoms with Gasteiger partial charge in [-0.15, -0.1) is 0 Å². The highest BCUT2D eigenvalue weighted by atomic mass is 19.1. The van der Waals surface area contributed by atoms with Gasteiger partial charge >= 0.3 is 0 Å². The lowest BCUT2D eigenvalue weighted by atomic mass is 10.1. The van der Waals surface area contributed by atoms with Gasteiger partial charge < -0.3 is 5.73 Å². The predicted molar refractivity (Wildman–Crippen MR) is 66.6 cm³/mol. The first-order chi connectivity index (χ1) is 8.60. The van der Waals surface area contributed by atoms with Gasteiger partial charge in [-0.1, -0.05) is 6.07 Å². The van der Waals surface area contributed by atoms with Gasteiger partial charge in [-0.3, -0.25) is 4.79 Å². The van der Waals surface area contributed by atoms with E-state index in [1.165, 1.54) is 22.9 Å². The lowest BCUT2D eigenvalue weighted by molar-refractivity contribution is 0.609. The van der Waals surface area contributed by atoms with Gasteiger partial charge in [0.1, 0.15) is 5.82 Å². The normalized spacial score (nSPS) is 10.6. The fraction of sp³-hybridized carbons (Fsp3) is 0.231. The van der Waals surface area contributed by atoms with E-state index in [-0.39, 0.29) is 17.9 Å². The lowest BCUT2D eigenvalue weighted by Crippen LogP contribution is -2.23. The molecule has 0 spiro atoms. The van der Waals surface area contributed by atoms with Crippen molar-refractivity contribution in [3.8, 4) is 0 Å². The Morgan fingerprint density at radius 1 is 1.28 bits per heavy atom. The standard InChI is InChI=1S/C13H14FN3O/c1-9-2-5-13(18)17(16-9)8-10-3-4-12(14)6-11(10)7-15/h2-6H,7-8,15H2,1H3. The number of rotatable bonds is 3. The van der Waals surface area contributed by atoms with Crippen molar-refractivity contribution in [2.45, 2.75) is 20.0 Å². The maximum Gasteiger partial charge on any atom is 0.267 e. The molecule has 1 heterocycles. The van der Waals surface area contributed by atoms with Crippen LogP contribution in [0.25, 0.3) is 0 Å². The SMILES string of the molecule is Cc1ccc(=O)n(Cc2ccc(F)cc2CN)n1. The van der Waals surface area contributed by atoms with E-state index in [1.54, 1.807) is 12.1 Å². The van der Waals surface area contributed by atoms with Gasteiger partial charge in [0.25, 0.3) is 5.56 Å². The molecule has 0 saturated heterocycles. The summed E-state index contributed by atoms with van der Waals surface area (Å²) in [6, 6.07) is 7.50. The maximum absolute atomic E-state index is 13.1. The molecule has 2 N–H and O–H groups in total. The number of hydrogen-bond acceptors (Lipinski definition) is 3. The molecule has 18 heavy (non-hydrogen) atoms. The third-order valence-corrected chi connectivity index (χ3v) is 2.71. The Balaban J connectivity index is 2.39. The molecule has 1 aromatic heterocycles. The highest BCUT2D eigenvalue weighted by Gasteiger charge is 2.05. The first-order valence-corrected chi connectivity index (χ1v) is 5.62. The highest BCUT2D eigenvalue weighted by Crippen LogP contribution is 2.11. The molecular weight excluding hydrogens is 233 g/mol. The number of hydrogen-bond donors (Lipinski definition) is 1. The van der Waals surface area contributed by atoms with Crippen LogP contribution < -0.4 is 11.3 Å². The zero-order valence-electron chi connectivity index (χ0n) is 10.1. The van der Waals surface area contributed by atoms with E-state index in [2.05, 4.69) is 5.10 Å². The van der Waals surface area contributed by atoms with Crippen molar-refractivity contribution in [2.75, 3.05) is 0 Å². The van der Waals surface area contributed by atoms with Crippen molar-refractivity contribution in [1.29, 1.82) is 0 Å². The number of halogens is 1. The molecule has 0 unspecified atom stereocenters. The van der Waals surface area contributed by atoms with E-state index in [0.29, 0.717) is 12.1 Å². The molecule has 0 aliphatic rings. The van der Waals surface area contributed by atoms with Crippen molar-refractivity contribution in [3.05, 3.63) is 63.3 Å². The van der Waals surface area contributed by atoms with Gasteiger partial charge in [0.2, 0.25) is 0 Å². The van der Waals surface area contributed by atoms with Crippen molar-refractivity contribution in [3.63, 3.8) is 0 Å². The smallest absolute Gasteiger partial charge is 0.267 e. The Morgan fingerprint density at radius 3 is 2.78 bits per heavy atom. The molecule has 0 aliphatic heterocycles. The van der Waals surface area contributed by atoms with Gasteiger partial charge in [0.05, 0.1) is 12.2 Å². The molecule has 0 bridgehead atoms. The van der Waals surface area contributed by atoms with Crippen LogP contribution in [0.4, 0.5) is 4.39 Å². The first kappa shape index (κ1) is 12.4. The molecule has 5 heteroatoms. The molecule has 0 fully saturated rings. The lowest BCUT2D eigenvalue weighted by Gasteiger charge is -2.09. The average Bonchev–Trinajstić information content (AvgIpc) is 2.36. The Morgan fingerprint density at radius 2 is 2.06 bits per heavy atom. The maximum atomic E-state index is 13.1. The number of nitrogens with zero attached hydrogens (tertiary/aromatic N) is 2. The summed E-state index contributed by atoms with van der Waals surface area (Å²) >= 11 is 0. The molecule has 0 aliphatic carbocycles. The Hall–Kier alpha value is -2.01. The summed E-state index contributed by atoms with van der Waals surface area (Å²) in [6.45, 7) is 2.34. The van der Waals surface area contributed by atoms with Crippen molar-refractivity contribution in [1.82, 2.24) is 9.78 Å². The van der Waals surface area contributed by atoms with Gasteiger partial charge in [0, 0.05) is 12.6 Å². The van der Waals surface area contributed by atoms with Crippen molar-refractivity contribution >= 4 is 0 Å². The Labute approximate surface area is 104 Å². The molecule has 0 amide bonds. The van der Waals surface area contributed by atoms with Crippen LogP contribution in [-0.4, -0.2) is 9.78 Å². The number of benzene rings is 1. The van der Waals surface area contributed by atoms with Crippen LogP contribution >= 0.6 is 0 Å². The third-order valence-electron chi connectivity index (χ3n) is 2.71. The molecule has 2 aromatic rings. The summed E-state index contributed by atoms with van der Waals surface area (Å²) in [7, 11) is 0. The summed E-state index contributed by atoms with van der Waals surface area (Å²) in [6.07, 6.45) is 0. The molecule has 1 aromatic carbocycles. The quantitative estimate of drug-likeness (QED) is 0.886. The molecule has 4 nitrogen and oxygen atoms in total. The molecule has 2 rings (SSSR count). The van der Waals surface area contributed by atoms with Crippen LogP contribution in [0.1, 0.15) is 16.8 Å². The molecule has 0 atom stereocenters. The van der Waals surface area contributed by atoms with E-state index in [0.717, 1.165) is 11.3 Å². The Bertz CT molecular complexity index is 622. The van der Waals surface area contributed by atoms with Crippen LogP contribution in [0, 0.1) is 12.7 Å². The number of aromatic nitrogens is 2. The first-order valence-electron chi connectivity index (χ1n) is 5.62. The second-order valence-electron chi connectivity index (χ2n) is 4.09. The van der Waals surface area contributed by atoms with Crippen molar-refractivity contribution < 1.29 is 4.39 Å². The van der Waals surface area contributed by atoms with Gasteiger partial charge in [0.15, 0.2) is 0 Å². The van der Waals surface area contributed by atoms with Crippen molar-refractivity contribution in [2.24, 2.45) is 5.73 Å².